The number of hydrogen-bond acceptors (Lipinski definition) is 6. The van der Waals surface area contributed by atoms with Gasteiger partial charge in [0.25, 0.3) is 5.56 Å². The molecule has 4 rings (SSSR count). The first-order valence-corrected chi connectivity index (χ1v) is 11.0. The minimum atomic E-state index is -0.157. The molecule has 4 aromatic rings. The van der Waals surface area contributed by atoms with Crippen molar-refractivity contribution >= 4 is 28.4 Å². The second-order valence-corrected chi connectivity index (χ2v) is 8.07. The van der Waals surface area contributed by atoms with Crippen molar-refractivity contribution in [3.8, 4) is 17.2 Å². The lowest BCUT2D eigenvalue weighted by molar-refractivity contribution is 0.101. The average molecular weight is 447 g/mol. The number of rotatable bonds is 7. The number of thioether (sulfide) groups is 1. The van der Waals surface area contributed by atoms with Gasteiger partial charge >= 0.3 is 0 Å². The standard InChI is InChI=1S/C25H22N2O4S/c1-16(28)17-11-12-23(31-3)18(13-17)15-32-25-26-22-10-5-4-9-21(22)24(29)27(25)19-7-6-8-20(14-19)30-2/h4-14H,15H2,1-3H3. The number of nitrogens with zero attached hydrogens (tertiary/aromatic N) is 2. The van der Waals surface area contributed by atoms with Crippen LogP contribution in [0.15, 0.2) is 76.7 Å². The number of Topliss-reactive ketones (excluding diaryl/α,β-unsaturated/α-hetero) is 1. The quantitative estimate of drug-likeness (QED) is 0.229. The largest absolute Gasteiger partial charge is 0.497 e. The fourth-order valence-corrected chi connectivity index (χ4v) is 4.43. The van der Waals surface area contributed by atoms with Crippen LogP contribution in [-0.2, 0) is 5.75 Å². The molecule has 0 aliphatic carbocycles. The van der Waals surface area contributed by atoms with Crippen molar-refractivity contribution in [2.24, 2.45) is 0 Å². The lowest BCUT2D eigenvalue weighted by Crippen LogP contribution is -2.21. The zero-order chi connectivity index (χ0) is 22.7. The van der Waals surface area contributed by atoms with E-state index in [9.17, 15) is 9.59 Å². The Morgan fingerprint density at radius 3 is 2.56 bits per heavy atom. The number of para-hydroxylation sites is 1. The minimum Gasteiger partial charge on any atom is -0.497 e. The highest BCUT2D eigenvalue weighted by Crippen LogP contribution is 2.30. The summed E-state index contributed by atoms with van der Waals surface area (Å²) in [6.07, 6.45) is 0. The predicted molar refractivity (Wildman–Crippen MR) is 126 cm³/mol. The van der Waals surface area contributed by atoms with Gasteiger partial charge in [-0.3, -0.25) is 14.2 Å². The molecule has 1 heterocycles. The van der Waals surface area contributed by atoms with Gasteiger partial charge in [0.1, 0.15) is 11.5 Å². The lowest BCUT2D eigenvalue weighted by Gasteiger charge is -2.15. The molecule has 1 aromatic heterocycles. The zero-order valence-corrected chi connectivity index (χ0v) is 18.8. The molecule has 6 nitrogen and oxygen atoms in total. The van der Waals surface area contributed by atoms with Crippen LogP contribution >= 0.6 is 11.8 Å². The SMILES string of the molecule is COc1cccc(-n2c(SCc3cc(C(C)=O)ccc3OC)nc3ccccc3c2=O)c1. The van der Waals surface area contributed by atoms with Gasteiger partial charge in [-0.05, 0) is 49.4 Å². The Labute approximate surface area is 189 Å². The van der Waals surface area contributed by atoms with Gasteiger partial charge in [-0.1, -0.05) is 30.0 Å². The average Bonchev–Trinajstić information content (AvgIpc) is 2.82. The molecule has 0 radical (unpaired) electrons. The van der Waals surface area contributed by atoms with E-state index in [4.69, 9.17) is 14.5 Å². The van der Waals surface area contributed by atoms with Crippen LogP contribution in [0.4, 0.5) is 0 Å². The predicted octanol–water partition coefficient (Wildman–Crippen LogP) is 4.90. The van der Waals surface area contributed by atoms with Crippen molar-refractivity contribution < 1.29 is 14.3 Å². The lowest BCUT2D eigenvalue weighted by atomic mass is 10.1. The first-order valence-electron chi connectivity index (χ1n) is 9.98. The maximum absolute atomic E-state index is 13.4. The van der Waals surface area contributed by atoms with E-state index in [2.05, 4.69) is 0 Å². The summed E-state index contributed by atoms with van der Waals surface area (Å²) < 4.78 is 12.4. The summed E-state index contributed by atoms with van der Waals surface area (Å²) in [6.45, 7) is 1.53. The van der Waals surface area contributed by atoms with Crippen molar-refractivity contribution in [2.45, 2.75) is 17.8 Å². The molecular formula is C25H22N2O4S. The van der Waals surface area contributed by atoms with Crippen LogP contribution in [0.25, 0.3) is 16.6 Å². The fourth-order valence-electron chi connectivity index (χ4n) is 3.44. The molecule has 32 heavy (non-hydrogen) atoms. The molecule has 0 unspecified atom stereocenters. The Balaban J connectivity index is 1.83. The third-order valence-corrected chi connectivity index (χ3v) is 6.09. The van der Waals surface area contributed by atoms with E-state index in [1.165, 1.54) is 18.7 Å². The van der Waals surface area contributed by atoms with E-state index >= 15 is 0 Å². The molecule has 0 N–H and O–H groups in total. The first-order chi connectivity index (χ1) is 15.5. The maximum Gasteiger partial charge on any atom is 0.266 e. The van der Waals surface area contributed by atoms with E-state index < -0.39 is 0 Å². The number of carbonyl (C=O) groups is 1. The van der Waals surface area contributed by atoms with Gasteiger partial charge in [-0.15, -0.1) is 0 Å². The normalized spacial score (nSPS) is 10.8. The van der Waals surface area contributed by atoms with E-state index in [0.717, 1.165) is 5.56 Å². The van der Waals surface area contributed by atoms with Crippen molar-refractivity contribution in [3.05, 3.63) is 88.2 Å². The molecule has 0 saturated carbocycles. The fraction of sp³-hybridized carbons (Fsp3) is 0.160. The van der Waals surface area contributed by atoms with Crippen LogP contribution in [0.2, 0.25) is 0 Å². The number of hydrogen-bond donors (Lipinski definition) is 0. The number of aromatic nitrogens is 2. The third-order valence-electron chi connectivity index (χ3n) is 5.10. The molecular weight excluding hydrogens is 424 g/mol. The Morgan fingerprint density at radius 2 is 1.81 bits per heavy atom. The van der Waals surface area contributed by atoms with Crippen LogP contribution in [0, 0.1) is 0 Å². The highest BCUT2D eigenvalue weighted by atomic mass is 32.2. The highest BCUT2D eigenvalue weighted by Gasteiger charge is 2.15. The Kier molecular flexibility index (Phi) is 6.28. The van der Waals surface area contributed by atoms with Gasteiger partial charge in [0.05, 0.1) is 30.8 Å². The van der Waals surface area contributed by atoms with Crippen LogP contribution in [0.5, 0.6) is 11.5 Å². The summed E-state index contributed by atoms with van der Waals surface area (Å²) in [7, 11) is 3.18. The summed E-state index contributed by atoms with van der Waals surface area (Å²) >= 11 is 1.41. The molecule has 0 aliphatic heterocycles. The molecule has 0 saturated heterocycles. The number of benzene rings is 3. The minimum absolute atomic E-state index is 0.0176. The van der Waals surface area contributed by atoms with Crippen molar-refractivity contribution in [1.29, 1.82) is 0 Å². The van der Waals surface area contributed by atoms with E-state index in [1.54, 1.807) is 43.1 Å². The van der Waals surface area contributed by atoms with Gasteiger partial charge in [-0.25, -0.2) is 4.98 Å². The van der Waals surface area contributed by atoms with Gasteiger partial charge in [-0.2, -0.15) is 0 Å². The zero-order valence-electron chi connectivity index (χ0n) is 18.0. The highest BCUT2D eigenvalue weighted by molar-refractivity contribution is 7.98. The van der Waals surface area contributed by atoms with Crippen molar-refractivity contribution in [1.82, 2.24) is 9.55 Å². The second-order valence-electron chi connectivity index (χ2n) is 7.13. The number of ketones is 1. The summed E-state index contributed by atoms with van der Waals surface area (Å²) in [5.41, 5.74) is 2.60. The molecule has 0 fully saturated rings. The van der Waals surface area contributed by atoms with Crippen LogP contribution in [-0.4, -0.2) is 29.6 Å². The van der Waals surface area contributed by atoms with E-state index in [-0.39, 0.29) is 11.3 Å². The molecule has 0 atom stereocenters. The van der Waals surface area contributed by atoms with E-state index in [0.29, 0.717) is 44.6 Å². The van der Waals surface area contributed by atoms with Crippen molar-refractivity contribution in [3.63, 3.8) is 0 Å². The summed E-state index contributed by atoms with van der Waals surface area (Å²) in [5, 5.41) is 1.08. The molecule has 0 amide bonds. The first kappa shape index (κ1) is 21.6. The number of ether oxygens (including phenoxy) is 2. The topological polar surface area (TPSA) is 70.4 Å². The molecule has 0 aliphatic rings. The summed E-state index contributed by atoms with van der Waals surface area (Å²) in [4.78, 5) is 30.0. The van der Waals surface area contributed by atoms with E-state index in [1.807, 2.05) is 42.5 Å². The monoisotopic (exact) mass is 446 g/mol. The smallest absolute Gasteiger partial charge is 0.266 e. The molecule has 0 bridgehead atoms. The van der Waals surface area contributed by atoms with Gasteiger partial charge in [0, 0.05) is 22.9 Å². The molecule has 3 aromatic carbocycles. The second kappa shape index (κ2) is 9.28. The third kappa shape index (κ3) is 4.24. The van der Waals surface area contributed by atoms with Crippen LogP contribution in [0.3, 0.4) is 0 Å². The number of carbonyl (C=O) groups excluding carboxylic acids is 1. The summed E-state index contributed by atoms with van der Waals surface area (Å²) in [6, 6.07) is 20.0. The number of methoxy groups -OCH3 is 2. The van der Waals surface area contributed by atoms with Gasteiger partial charge < -0.3 is 9.47 Å². The van der Waals surface area contributed by atoms with Gasteiger partial charge in [0.15, 0.2) is 10.9 Å². The van der Waals surface area contributed by atoms with Crippen LogP contribution < -0.4 is 15.0 Å². The Hall–Kier alpha value is -3.58. The van der Waals surface area contributed by atoms with Crippen molar-refractivity contribution in [2.75, 3.05) is 14.2 Å². The molecule has 0 spiro atoms. The maximum atomic E-state index is 13.4. The molecule has 162 valence electrons. The Bertz CT molecular complexity index is 1360. The number of fused-ring (bicyclic) bond motifs is 1. The van der Waals surface area contributed by atoms with Crippen LogP contribution in [0.1, 0.15) is 22.8 Å². The Morgan fingerprint density at radius 1 is 1.00 bits per heavy atom. The molecule has 7 heteroatoms. The van der Waals surface area contributed by atoms with Gasteiger partial charge in [0.2, 0.25) is 0 Å². The summed E-state index contributed by atoms with van der Waals surface area (Å²) in [5.74, 6) is 1.78.